The number of aromatic carboxylic acids is 4. The molecule has 0 unspecified atom stereocenters. The molecule has 2 aromatic carbocycles. The van der Waals surface area contributed by atoms with Crippen LogP contribution in [0.3, 0.4) is 0 Å². The van der Waals surface area contributed by atoms with Gasteiger partial charge in [0.1, 0.15) is 0 Å². The van der Waals surface area contributed by atoms with E-state index in [0.717, 1.165) is 0 Å². The first kappa shape index (κ1) is 27.6. The van der Waals surface area contributed by atoms with Gasteiger partial charge >= 0.3 is 23.9 Å². The van der Waals surface area contributed by atoms with Gasteiger partial charge in [0.25, 0.3) is 0 Å². The fourth-order valence-electron chi connectivity index (χ4n) is 2.86. The van der Waals surface area contributed by atoms with Gasteiger partial charge in [0, 0.05) is 5.56 Å². The van der Waals surface area contributed by atoms with E-state index in [0.29, 0.717) is 6.07 Å². The number of carbonyl (C=O) groups is 4. The molecule has 2 aromatic rings. The summed E-state index contributed by atoms with van der Waals surface area (Å²) < 4.78 is 0. The summed E-state index contributed by atoms with van der Waals surface area (Å²) in [5.74, 6) is -6.83. The van der Waals surface area contributed by atoms with E-state index in [1.54, 1.807) is 6.07 Å². The van der Waals surface area contributed by atoms with Crippen LogP contribution < -0.4 is 0 Å². The lowest BCUT2D eigenvalue weighted by atomic mass is 9.87. The molecular weight excluding hydrogens is 428 g/mol. The lowest BCUT2D eigenvalue weighted by Gasteiger charge is -2.15. The topological polar surface area (TPSA) is 149 Å². The number of hydrogen-bond donors (Lipinski definition) is 4. The summed E-state index contributed by atoms with van der Waals surface area (Å²) in [6.07, 6.45) is 5.54. The summed E-state index contributed by atoms with van der Waals surface area (Å²) in [6.45, 7) is 4.46. The standard InChI is InChI=1S/C16H10O8.C6H14.ClH/c17-13(18)8-6-9(14(19)20)11(15(21)22)12(16(23)24)10(8)7-4-2-1-3-5-7;1-3-5-6-4-2;/h1-6H,(H,17,18)(H,19,20)(H,21,22)(H,23,24);3-6H2,1-2H3;1H. The molecule has 2 rings (SSSR count). The van der Waals surface area contributed by atoms with Crippen molar-refractivity contribution in [1.82, 2.24) is 0 Å². The summed E-state index contributed by atoms with van der Waals surface area (Å²) in [7, 11) is 0. The molecule has 0 radical (unpaired) electrons. The maximum absolute atomic E-state index is 11.6. The molecule has 0 bridgehead atoms. The largest absolute Gasteiger partial charge is 0.478 e. The third kappa shape index (κ3) is 7.11. The van der Waals surface area contributed by atoms with Crippen LogP contribution >= 0.6 is 12.4 Å². The third-order valence-corrected chi connectivity index (χ3v) is 4.24. The highest BCUT2D eigenvalue weighted by molar-refractivity contribution is 6.16. The second kappa shape index (κ2) is 13.0. The average Bonchev–Trinajstić information content (AvgIpc) is 2.71. The molecule has 0 aliphatic rings. The van der Waals surface area contributed by atoms with Crippen LogP contribution in [0.15, 0.2) is 36.4 Å². The van der Waals surface area contributed by atoms with Crippen LogP contribution in [0.1, 0.15) is 81.0 Å². The van der Waals surface area contributed by atoms with Crippen LogP contribution in [-0.2, 0) is 0 Å². The minimum Gasteiger partial charge on any atom is -0.478 e. The first-order chi connectivity index (χ1) is 14.2. The third-order valence-electron chi connectivity index (χ3n) is 4.24. The SMILES string of the molecule is CCCCCC.Cl.O=C(O)c1cc(C(=O)O)c(-c2ccccc2)c(C(=O)O)c1C(=O)O. The minimum absolute atomic E-state index is 0. The zero-order valence-electron chi connectivity index (χ0n) is 17.1. The van der Waals surface area contributed by atoms with Gasteiger partial charge in [-0.15, -0.1) is 12.4 Å². The van der Waals surface area contributed by atoms with E-state index in [1.807, 2.05) is 0 Å². The van der Waals surface area contributed by atoms with Gasteiger partial charge in [0.05, 0.1) is 22.3 Å². The van der Waals surface area contributed by atoms with Crippen molar-refractivity contribution in [2.45, 2.75) is 39.5 Å². The summed E-state index contributed by atoms with van der Waals surface area (Å²) >= 11 is 0. The number of rotatable bonds is 8. The Kier molecular flexibility index (Phi) is 11.6. The number of hydrogen-bond acceptors (Lipinski definition) is 4. The molecule has 0 aromatic heterocycles. The summed E-state index contributed by atoms with van der Waals surface area (Å²) in [5, 5.41) is 37.2. The number of unbranched alkanes of at least 4 members (excludes halogenated alkanes) is 3. The lowest BCUT2D eigenvalue weighted by Crippen LogP contribution is -2.19. The molecule has 0 aliphatic heterocycles. The summed E-state index contributed by atoms with van der Waals surface area (Å²) in [5.41, 5.74) is -3.59. The smallest absolute Gasteiger partial charge is 0.337 e. The van der Waals surface area contributed by atoms with Gasteiger partial charge in [-0.25, -0.2) is 19.2 Å². The van der Waals surface area contributed by atoms with Crippen LogP contribution in [0.4, 0.5) is 0 Å². The zero-order chi connectivity index (χ0) is 22.8. The number of carboxylic acids is 4. The molecule has 4 N–H and O–H groups in total. The molecule has 168 valence electrons. The highest BCUT2D eigenvalue weighted by atomic mass is 35.5. The van der Waals surface area contributed by atoms with Crippen molar-refractivity contribution >= 4 is 36.3 Å². The Morgan fingerprint density at radius 2 is 1.13 bits per heavy atom. The summed E-state index contributed by atoms with van der Waals surface area (Å²) in [6, 6.07) is 8.09. The van der Waals surface area contributed by atoms with Gasteiger partial charge in [-0.3, -0.25) is 0 Å². The van der Waals surface area contributed by atoms with E-state index in [9.17, 15) is 34.5 Å². The Hall–Kier alpha value is -3.39. The number of carboxylic acid groups (broad SMARTS) is 4. The number of benzene rings is 2. The van der Waals surface area contributed by atoms with Gasteiger partial charge in [-0.1, -0.05) is 69.9 Å². The van der Waals surface area contributed by atoms with E-state index < -0.39 is 46.1 Å². The second-order valence-corrected chi connectivity index (χ2v) is 6.39. The van der Waals surface area contributed by atoms with Crippen molar-refractivity contribution < 1.29 is 39.6 Å². The Morgan fingerprint density at radius 1 is 0.677 bits per heavy atom. The normalized spacial score (nSPS) is 9.61. The van der Waals surface area contributed by atoms with Crippen molar-refractivity contribution in [3.63, 3.8) is 0 Å². The van der Waals surface area contributed by atoms with Gasteiger partial charge < -0.3 is 20.4 Å². The van der Waals surface area contributed by atoms with E-state index in [2.05, 4.69) is 13.8 Å². The second-order valence-electron chi connectivity index (χ2n) is 6.39. The molecule has 0 saturated heterocycles. The fourth-order valence-corrected chi connectivity index (χ4v) is 2.86. The Bertz CT molecular complexity index is 934. The van der Waals surface area contributed by atoms with Crippen molar-refractivity contribution in [3.8, 4) is 11.1 Å². The van der Waals surface area contributed by atoms with Crippen LogP contribution in [0.25, 0.3) is 11.1 Å². The molecule has 31 heavy (non-hydrogen) atoms. The maximum atomic E-state index is 11.6. The van der Waals surface area contributed by atoms with Crippen LogP contribution in [0.2, 0.25) is 0 Å². The first-order valence-electron chi connectivity index (χ1n) is 9.36. The lowest BCUT2D eigenvalue weighted by molar-refractivity contribution is 0.0632. The Balaban J connectivity index is 0.00000113. The molecule has 0 aliphatic carbocycles. The van der Waals surface area contributed by atoms with Crippen molar-refractivity contribution in [2.75, 3.05) is 0 Å². The van der Waals surface area contributed by atoms with Crippen molar-refractivity contribution in [2.24, 2.45) is 0 Å². The molecular formula is C22H25ClO8. The van der Waals surface area contributed by atoms with Crippen LogP contribution in [-0.4, -0.2) is 44.3 Å². The predicted molar refractivity (Wildman–Crippen MR) is 117 cm³/mol. The van der Waals surface area contributed by atoms with Crippen LogP contribution in [0, 0.1) is 0 Å². The monoisotopic (exact) mass is 452 g/mol. The highest BCUT2D eigenvalue weighted by Gasteiger charge is 2.31. The minimum atomic E-state index is -1.78. The van der Waals surface area contributed by atoms with Crippen LogP contribution in [0.5, 0.6) is 0 Å². The Labute approximate surface area is 185 Å². The quantitative estimate of drug-likeness (QED) is 0.401. The van der Waals surface area contributed by atoms with Crippen molar-refractivity contribution in [1.29, 1.82) is 0 Å². The Morgan fingerprint density at radius 3 is 1.48 bits per heavy atom. The average molecular weight is 453 g/mol. The van der Waals surface area contributed by atoms with E-state index in [-0.39, 0.29) is 23.5 Å². The maximum Gasteiger partial charge on any atom is 0.337 e. The van der Waals surface area contributed by atoms with Gasteiger partial charge in [0.15, 0.2) is 0 Å². The summed E-state index contributed by atoms with van der Waals surface area (Å²) in [4.78, 5) is 45.8. The molecule has 0 amide bonds. The van der Waals surface area contributed by atoms with Crippen molar-refractivity contribution in [3.05, 3.63) is 58.7 Å². The molecule has 0 fully saturated rings. The first-order valence-corrected chi connectivity index (χ1v) is 9.36. The highest BCUT2D eigenvalue weighted by Crippen LogP contribution is 2.33. The molecule has 0 heterocycles. The predicted octanol–water partition coefficient (Wildman–Crippen LogP) is 5.15. The fraction of sp³-hybridized carbons (Fsp3) is 0.273. The molecule has 0 saturated carbocycles. The van der Waals surface area contributed by atoms with Gasteiger partial charge in [0.2, 0.25) is 0 Å². The molecule has 0 spiro atoms. The number of halogens is 1. The van der Waals surface area contributed by atoms with Gasteiger partial charge in [-0.05, 0) is 11.6 Å². The van der Waals surface area contributed by atoms with E-state index in [4.69, 9.17) is 5.11 Å². The van der Waals surface area contributed by atoms with Gasteiger partial charge in [-0.2, -0.15) is 0 Å². The molecule has 8 nitrogen and oxygen atoms in total. The zero-order valence-corrected chi connectivity index (χ0v) is 17.9. The molecule has 9 heteroatoms. The van der Waals surface area contributed by atoms with E-state index >= 15 is 0 Å². The molecule has 0 atom stereocenters. The van der Waals surface area contributed by atoms with E-state index in [1.165, 1.54) is 49.9 Å².